The standard InChI is InChI=1S/C11H12BrNO2S/c12-10-5-4-6-11(9-10)16(14,15)13-7-2-1-3-8-13/h1-2,4-6,9H,3,7-8H2. The van der Waals surface area contributed by atoms with Crippen LogP contribution in [0.2, 0.25) is 0 Å². The van der Waals surface area contributed by atoms with Crippen LogP contribution in [0.4, 0.5) is 0 Å². The average molecular weight is 302 g/mol. The van der Waals surface area contributed by atoms with E-state index in [0.29, 0.717) is 18.0 Å². The molecule has 0 aromatic heterocycles. The number of hydrogen-bond donors (Lipinski definition) is 0. The van der Waals surface area contributed by atoms with Crippen molar-refractivity contribution in [2.45, 2.75) is 11.3 Å². The van der Waals surface area contributed by atoms with Crippen LogP contribution in [0.25, 0.3) is 0 Å². The van der Waals surface area contributed by atoms with Crippen LogP contribution in [0, 0.1) is 0 Å². The molecule has 86 valence electrons. The molecule has 1 aromatic rings. The summed E-state index contributed by atoms with van der Waals surface area (Å²) in [5.41, 5.74) is 0. The molecule has 0 radical (unpaired) electrons. The highest BCUT2D eigenvalue weighted by molar-refractivity contribution is 9.10. The van der Waals surface area contributed by atoms with Crippen LogP contribution in [-0.2, 0) is 10.0 Å². The van der Waals surface area contributed by atoms with Crippen molar-refractivity contribution >= 4 is 26.0 Å². The van der Waals surface area contributed by atoms with Gasteiger partial charge in [-0.1, -0.05) is 34.1 Å². The molecule has 0 spiro atoms. The second-order valence-corrected chi connectivity index (χ2v) is 6.43. The van der Waals surface area contributed by atoms with Crippen LogP contribution < -0.4 is 0 Å². The Morgan fingerprint density at radius 1 is 1.25 bits per heavy atom. The van der Waals surface area contributed by atoms with Crippen molar-refractivity contribution < 1.29 is 8.42 Å². The Morgan fingerprint density at radius 3 is 2.69 bits per heavy atom. The fraction of sp³-hybridized carbons (Fsp3) is 0.273. The summed E-state index contributed by atoms with van der Waals surface area (Å²) in [6, 6.07) is 6.80. The zero-order valence-electron chi connectivity index (χ0n) is 8.64. The van der Waals surface area contributed by atoms with E-state index < -0.39 is 10.0 Å². The quantitative estimate of drug-likeness (QED) is 0.787. The molecule has 16 heavy (non-hydrogen) atoms. The molecule has 0 aliphatic carbocycles. The summed E-state index contributed by atoms with van der Waals surface area (Å²) in [7, 11) is -3.33. The number of benzene rings is 1. The molecule has 0 amide bonds. The summed E-state index contributed by atoms with van der Waals surface area (Å²) in [6.07, 6.45) is 4.68. The van der Waals surface area contributed by atoms with E-state index in [1.54, 1.807) is 18.2 Å². The third-order valence-electron chi connectivity index (χ3n) is 2.45. The van der Waals surface area contributed by atoms with Gasteiger partial charge in [-0.15, -0.1) is 0 Å². The van der Waals surface area contributed by atoms with Crippen LogP contribution in [0.3, 0.4) is 0 Å². The first-order chi connectivity index (χ1) is 7.60. The number of halogens is 1. The molecule has 0 saturated carbocycles. The van der Waals surface area contributed by atoms with E-state index in [0.717, 1.165) is 10.9 Å². The van der Waals surface area contributed by atoms with Gasteiger partial charge in [0.05, 0.1) is 4.90 Å². The van der Waals surface area contributed by atoms with Crippen molar-refractivity contribution in [1.29, 1.82) is 0 Å². The van der Waals surface area contributed by atoms with Gasteiger partial charge in [0.15, 0.2) is 0 Å². The van der Waals surface area contributed by atoms with Crippen LogP contribution in [0.15, 0.2) is 45.8 Å². The predicted molar refractivity (Wildman–Crippen MR) is 66.7 cm³/mol. The Labute approximate surface area is 104 Å². The topological polar surface area (TPSA) is 37.4 Å². The lowest BCUT2D eigenvalue weighted by Gasteiger charge is -2.22. The maximum Gasteiger partial charge on any atom is 0.243 e. The molecule has 1 aliphatic rings. The van der Waals surface area contributed by atoms with Crippen molar-refractivity contribution in [3.05, 3.63) is 40.9 Å². The second kappa shape index (κ2) is 4.69. The third-order valence-corrected chi connectivity index (χ3v) is 4.81. The molecule has 1 heterocycles. The van der Waals surface area contributed by atoms with Crippen LogP contribution >= 0.6 is 15.9 Å². The summed E-state index contributed by atoms with van der Waals surface area (Å²) in [5.74, 6) is 0. The largest absolute Gasteiger partial charge is 0.243 e. The van der Waals surface area contributed by atoms with E-state index in [1.807, 2.05) is 18.2 Å². The lowest BCUT2D eigenvalue weighted by Crippen LogP contribution is -2.33. The monoisotopic (exact) mass is 301 g/mol. The average Bonchev–Trinajstić information content (AvgIpc) is 2.30. The first-order valence-corrected chi connectivity index (χ1v) is 7.25. The molecular weight excluding hydrogens is 290 g/mol. The summed E-state index contributed by atoms with van der Waals surface area (Å²) in [4.78, 5) is 0.345. The Kier molecular flexibility index (Phi) is 3.47. The van der Waals surface area contributed by atoms with E-state index in [9.17, 15) is 8.42 Å². The van der Waals surface area contributed by atoms with Gasteiger partial charge >= 0.3 is 0 Å². The van der Waals surface area contributed by atoms with E-state index >= 15 is 0 Å². The van der Waals surface area contributed by atoms with Gasteiger partial charge in [-0.25, -0.2) is 8.42 Å². The number of sulfonamides is 1. The lowest BCUT2D eigenvalue weighted by atomic mass is 10.3. The number of hydrogen-bond acceptors (Lipinski definition) is 2. The van der Waals surface area contributed by atoms with Gasteiger partial charge in [0.25, 0.3) is 0 Å². The summed E-state index contributed by atoms with van der Waals surface area (Å²) < 4.78 is 26.7. The molecule has 0 unspecified atom stereocenters. The summed E-state index contributed by atoms with van der Waals surface area (Å²) in [6.45, 7) is 1.03. The highest BCUT2D eigenvalue weighted by Gasteiger charge is 2.24. The molecule has 0 bridgehead atoms. The molecule has 3 nitrogen and oxygen atoms in total. The maximum absolute atomic E-state index is 12.2. The number of rotatable bonds is 2. The normalized spacial score (nSPS) is 17.6. The van der Waals surface area contributed by atoms with E-state index in [-0.39, 0.29) is 0 Å². The van der Waals surface area contributed by atoms with E-state index in [2.05, 4.69) is 15.9 Å². The number of nitrogens with zero attached hydrogens (tertiary/aromatic N) is 1. The molecule has 1 aromatic carbocycles. The highest BCUT2D eigenvalue weighted by atomic mass is 79.9. The predicted octanol–water partition coefficient (Wildman–Crippen LogP) is 2.40. The minimum atomic E-state index is -3.33. The van der Waals surface area contributed by atoms with Crippen LogP contribution in [0.5, 0.6) is 0 Å². The first kappa shape index (κ1) is 11.8. The van der Waals surface area contributed by atoms with Crippen LogP contribution in [-0.4, -0.2) is 25.8 Å². The van der Waals surface area contributed by atoms with Crippen molar-refractivity contribution in [3.8, 4) is 0 Å². The molecule has 5 heteroatoms. The molecule has 0 N–H and O–H groups in total. The molecule has 2 rings (SSSR count). The Bertz CT molecular complexity index is 510. The van der Waals surface area contributed by atoms with Crippen molar-refractivity contribution in [2.24, 2.45) is 0 Å². The van der Waals surface area contributed by atoms with E-state index in [1.165, 1.54) is 4.31 Å². The Balaban J connectivity index is 2.35. The van der Waals surface area contributed by atoms with Gasteiger partial charge in [-0.3, -0.25) is 0 Å². The summed E-state index contributed by atoms with van der Waals surface area (Å²) >= 11 is 3.28. The minimum Gasteiger partial charge on any atom is -0.207 e. The zero-order valence-corrected chi connectivity index (χ0v) is 11.0. The molecule has 0 fully saturated rings. The van der Waals surface area contributed by atoms with Gasteiger partial charge in [0.1, 0.15) is 0 Å². The van der Waals surface area contributed by atoms with E-state index in [4.69, 9.17) is 0 Å². The molecule has 0 atom stereocenters. The SMILES string of the molecule is O=S(=O)(c1cccc(Br)c1)N1CC=CCC1. The molecule has 0 saturated heterocycles. The smallest absolute Gasteiger partial charge is 0.207 e. The van der Waals surface area contributed by atoms with Gasteiger partial charge < -0.3 is 0 Å². The first-order valence-electron chi connectivity index (χ1n) is 5.01. The van der Waals surface area contributed by atoms with Crippen molar-refractivity contribution in [3.63, 3.8) is 0 Å². The zero-order chi connectivity index (χ0) is 11.6. The fourth-order valence-electron chi connectivity index (χ4n) is 1.61. The van der Waals surface area contributed by atoms with Gasteiger partial charge in [-0.05, 0) is 24.6 Å². The van der Waals surface area contributed by atoms with Gasteiger partial charge in [0, 0.05) is 17.6 Å². The van der Waals surface area contributed by atoms with Crippen molar-refractivity contribution in [2.75, 3.05) is 13.1 Å². The maximum atomic E-state index is 12.2. The Hall–Kier alpha value is -0.650. The van der Waals surface area contributed by atoms with Gasteiger partial charge in [-0.2, -0.15) is 4.31 Å². The van der Waals surface area contributed by atoms with Crippen LogP contribution in [0.1, 0.15) is 6.42 Å². The summed E-state index contributed by atoms with van der Waals surface area (Å²) in [5, 5.41) is 0. The minimum absolute atomic E-state index is 0.345. The van der Waals surface area contributed by atoms with Gasteiger partial charge in [0.2, 0.25) is 10.0 Å². The molecular formula is C11H12BrNO2S. The third kappa shape index (κ3) is 2.36. The molecule has 1 aliphatic heterocycles. The fourth-order valence-corrected chi connectivity index (χ4v) is 3.62. The second-order valence-electron chi connectivity index (χ2n) is 3.58. The highest BCUT2D eigenvalue weighted by Crippen LogP contribution is 2.21. The van der Waals surface area contributed by atoms with Crippen molar-refractivity contribution in [1.82, 2.24) is 4.31 Å². The Morgan fingerprint density at radius 2 is 2.06 bits per heavy atom. The lowest BCUT2D eigenvalue weighted by molar-refractivity contribution is 0.437.